The lowest BCUT2D eigenvalue weighted by molar-refractivity contribution is 0.0999. The fourth-order valence-corrected chi connectivity index (χ4v) is 3.17. The highest BCUT2D eigenvalue weighted by Crippen LogP contribution is 2.27. The second-order valence-electron chi connectivity index (χ2n) is 6.66. The Hall–Kier alpha value is -3.93. The summed E-state index contributed by atoms with van der Waals surface area (Å²) in [5.74, 6) is 1.65. The Labute approximate surface area is 168 Å². The lowest BCUT2D eigenvalue weighted by Crippen LogP contribution is -2.15. The lowest BCUT2D eigenvalue weighted by Gasteiger charge is -2.14. The predicted octanol–water partition coefficient (Wildman–Crippen LogP) is 4.48. The summed E-state index contributed by atoms with van der Waals surface area (Å²) in [5, 5.41) is 3.25. The minimum atomic E-state index is -0.488. The number of anilines is 2. The van der Waals surface area contributed by atoms with Crippen molar-refractivity contribution < 1.29 is 9.21 Å². The Morgan fingerprint density at radius 2 is 1.83 bits per heavy atom. The van der Waals surface area contributed by atoms with Crippen LogP contribution in [0, 0.1) is 6.92 Å². The lowest BCUT2D eigenvalue weighted by atomic mass is 10.0. The van der Waals surface area contributed by atoms with E-state index in [4.69, 9.17) is 10.2 Å². The van der Waals surface area contributed by atoms with Crippen molar-refractivity contribution in [2.75, 3.05) is 5.32 Å². The van der Waals surface area contributed by atoms with Crippen molar-refractivity contribution in [1.82, 2.24) is 9.97 Å². The molecule has 4 aromatic rings. The monoisotopic (exact) mass is 384 g/mol. The fourth-order valence-electron chi connectivity index (χ4n) is 3.17. The van der Waals surface area contributed by atoms with Crippen LogP contribution >= 0.6 is 0 Å². The summed E-state index contributed by atoms with van der Waals surface area (Å²) in [4.78, 5) is 20.9. The number of rotatable bonds is 6. The van der Waals surface area contributed by atoms with E-state index in [9.17, 15) is 4.79 Å². The molecule has 2 aromatic carbocycles. The number of carbonyl (C=O) groups excluding carboxylic acids is 1. The van der Waals surface area contributed by atoms with Crippen molar-refractivity contribution in [2.45, 2.75) is 13.3 Å². The van der Waals surface area contributed by atoms with E-state index in [1.54, 1.807) is 24.5 Å². The zero-order valence-electron chi connectivity index (χ0n) is 15.9. The van der Waals surface area contributed by atoms with E-state index >= 15 is 0 Å². The maximum Gasteiger partial charge on any atom is 0.249 e. The molecule has 1 amide bonds. The summed E-state index contributed by atoms with van der Waals surface area (Å²) in [6.45, 7) is 1.88. The van der Waals surface area contributed by atoms with Crippen LogP contribution in [0.4, 0.5) is 11.5 Å². The normalized spacial score (nSPS) is 10.7. The number of carbonyl (C=O) groups is 1. The molecule has 144 valence electrons. The number of aromatic nitrogens is 2. The van der Waals surface area contributed by atoms with Gasteiger partial charge in [0, 0.05) is 23.2 Å². The standard InChI is InChI=1S/C23H20N4O2/c1-15-10-11-17(29-15)12-19-18(23(24)28)8-5-9-20(19)27-22-14-25-21(13-26-22)16-6-3-2-4-7-16/h2-11,13-14H,12H2,1H3,(H2,24,28)(H,26,27). The van der Waals surface area contributed by atoms with Gasteiger partial charge in [0.25, 0.3) is 0 Å². The average Bonchev–Trinajstić information content (AvgIpc) is 3.15. The second-order valence-corrected chi connectivity index (χ2v) is 6.66. The van der Waals surface area contributed by atoms with Crippen molar-refractivity contribution >= 4 is 17.4 Å². The highest BCUT2D eigenvalue weighted by Gasteiger charge is 2.15. The number of aryl methyl sites for hydroxylation is 1. The molecule has 3 N–H and O–H groups in total. The third-order valence-electron chi connectivity index (χ3n) is 4.57. The highest BCUT2D eigenvalue weighted by molar-refractivity contribution is 5.96. The molecule has 0 unspecified atom stereocenters. The Morgan fingerprint density at radius 1 is 1.00 bits per heavy atom. The summed E-state index contributed by atoms with van der Waals surface area (Å²) in [6, 6.07) is 19.0. The van der Waals surface area contributed by atoms with E-state index in [-0.39, 0.29) is 0 Å². The Balaban J connectivity index is 1.64. The molecule has 4 rings (SSSR count). The van der Waals surface area contributed by atoms with Gasteiger partial charge in [-0.15, -0.1) is 0 Å². The molecule has 0 fully saturated rings. The third kappa shape index (κ3) is 4.16. The Bertz CT molecular complexity index is 1140. The molecule has 0 aliphatic rings. The molecular weight excluding hydrogens is 364 g/mol. The van der Waals surface area contributed by atoms with E-state index in [0.717, 1.165) is 34.0 Å². The van der Waals surface area contributed by atoms with E-state index in [2.05, 4.69) is 15.3 Å². The van der Waals surface area contributed by atoms with E-state index in [1.807, 2.05) is 55.5 Å². The largest absolute Gasteiger partial charge is 0.466 e. The molecule has 0 spiro atoms. The van der Waals surface area contributed by atoms with Crippen LogP contribution < -0.4 is 11.1 Å². The van der Waals surface area contributed by atoms with Gasteiger partial charge in [0.05, 0.1) is 18.1 Å². The van der Waals surface area contributed by atoms with Crippen molar-refractivity contribution in [3.63, 3.8) is 0 Å². The van der Waals surface area contributed by atoms with Crippen LogP contribution in [0.1, 0.15) is 27.4 Å². The van der Waals surface area contributed by atoms with Crippen molar-refractivity contribution in [2.24, 2.45) is 5.73 Å². The summed E-state index contributed by atoms with van der Waals surface area (Å²) >= 11 is 0. The number of furan rings is 1. The predicted molar refractivity (Wildman–Crippen MR) is 112 cm³/mol. The third-order valence-corrected chi connectivity index (χ3v) is 4.57. The van der Waals surface area contributed by atoms with Crippen LogP contribution in [-0.4, -0.2) is 15.9 Å². The van der Waals surface area contributed by atoms with Crippen LogP contribution in [0.15, 0.2) is 77.5 Å². The summed E-state index contributed by atoms with van der Waals surface area (Å²) in [6.07, 6.45) is 3.82. The van der Waals surface area contributed by atoms with E-state index in [0.29, 0.717) is 17.8 Å². The smallest absolute Gasteiger partial charge is 0.249 e. The van der Waals surface area contributed by atoms with Crippen LogP contribution in [0.3, 0.4) is 0 Å². The van der Waals surface area contributed by atoms with Crippen molar-refractivity contribution in [1.29, 1.82) is 0 Å². The molecular formula is C23H20N4O2. The van der Waals surface area contributed by atoms with Gasteiger partial charge in [0.2, 0.25) is 5.91 Å². The molecule has 0 aliphatic heterocycles. The SMILES string of the molecule is Cc1ccc(Cc2c(Nc3cnc(-c4ccccc4)cn3)cccc2C(N)=O)o1. The molecule has 0 bridgehead atoms. The number of benzene rings is 2. The maximum absolute atomic E-state index is 12.0. The molecule has 2 heterocycles. The highest BCUT2D eigenvalue weighted by atomic mass is 16.3. The number of nitrogens with one attached hydrogen (secondary N) is 1. The van der Waals surface area contributed by atoms with Gasteiger partial charge in [0.1, 0.15) is 17.3 Å². The second kappa shape index (κ2) is 7.98. The number of amides is 1. The molecule has 0 radical (unpaired) electrons. The first-order valence-electron chi connectivity index (χ1n) is 9.21. The topological polar surface area (TPSA) is 94.0 Å². The van der Waals surface area contributed by atoms with E-state index in [1.165, 1.54) is 0 Å². The summed E-state index contributed by atoms with van der Waals surface area (Å²) < 4.78 is 5.68. The molecule has 6 heteroatoms. The van der Waals surface area contributed by atoms with E-state index < -0.39 is 5.91 Å². The molecule has 0 atom stereocenters. The number of primary amides is 1. The van der Waals surface area contributed by atoms with Crippen LogP contribution in [0.5, 0.6) is 0 Å². The minimum Gasteiger partial charge on any atom is -0.466 e. The number of nitrogens with two attached hydrogens (primary N) is 1. The van der Waals surface area contributed by atoms with Gasteiger partial charge in [-0.25, -0.2) is 4.98 Å². The Kier molecular flexibility index (Phi) is 5.07. The van der Waals surface area contributed by atoms with Gasteiger partial charge in [-0.2, -0.15) is 0 Å². The zero-order valence-corrected chi connectivity index (χ0v) is 15.9. The molecule has 0 saturated carbocycles. The molecule has 0 aliphatic carbocycles. The fraction of sp³-hybridized carbons (Fsp3) is 0.0870. The average molecular weight is 384 g/mol. The first-order valence-corrected chi connectivity index (χ1v) is 9.21. The maximum atomic E-state index is 12.0. The quantitative estimate of drug-likeness (QED) is 0.511. The van der Waals surface area contributed by atoms with Gasteiger partial charge < -0.3 is 15.5 Å². The van der Waals surface area contributed by atoms with Crippen LogP contribution in [-0.2, 0) is 6.42 Å². The number of hydrogen-bond donors (Lipinski definition) is 2. The van der Waals surface area contributed by atoms with Gasteiger partial charge >= 0.3 is 0 Å². The number of hydrogen-bond acceptors (Lipinski definition) is 5. The minimum absolute atomic E-state index is 0.435. The molecule has 0 saturated heterocycles. The van der Waals surface area contributed by atoms with Gasteiger partial charge in [-0.05, 0) is 36.8 Å². The van der Waals surface area contributed by atoms with Gasteiger partial charge in [0.15, 0.2) is 0 Å². The van der Waals surface area contributed by atoms with Gasteiger partial charge in [-0.3, -0.25) is 9.78 Å². The van der Waals surface area contributed by atoms with Crippen molar-refractivity contribution in [3.8, 4) is 11.3 Å². The molecule has 2 aromatic heterocycles. The zero-order chi connectivity index (χ0) is 20.2. The first-order chi connectivity index (χ1) is 14.1. The Morgan fingerprint density at radius 3 is 2.48 bits per heavy atom. The number of nitrogens with zero attached hydrogens (tertiary/aromatic N) is 2. The first kappa shape index (κ1) is 18.4. The molecule has 29 heavy (non-hydrogen) atoms. The van der Waals surface area contributed by atoms with Crippen LogP contribution in [0.2, 0.25) is 0 Å². The molecule has 6 nitrogen and oxygen atoms in total. The van der Waals surface area contributed by atoms with Crippen molar-refractivity contribution in [3.05, 3.63) is 95.7 Å². The van der Waals surface area contributed by atoms with Gasteiger partial charge in [-0.1, -0.05) is 36.4 Å². The summed E-state index contributed by atoms with van der Waals surface area (Å²) in [7, 11) is 0. The van der Waals surface area contributed by atoms with Crippen LogP contribution in [0.25, 0.3) is 11.3 Å². The summed E-state index contributed by atoms with van der Waals surface area (Å²) in [5.41, 5.74) is 9.31.